The van der Waals surface area contributed by atoms with Crippen LogP contribution in [0.5, 0.6) is 0 Å². The molecule has 16 heavy (non-hydrogen) atoms. The van der Waals surface area contributed by atoms with Gasteiger partial charge in [0, 0.05) is 24.0 Å². The quantitative estimate of drug-likeness (QED) is 0.522. The summed E-state index contributed by atoms with van der Waals surface area (Å²) in [5.74, 6) is 0.442. The zero-order chi connectivity index (χ0) is 12.1. The van der Waals surface area contributed by atoms with Crippen LogP contribution in [0.3, 0.4) is 0 Å². The molecule has 1 fully saturated rings. The van der Waals surface area contributed by atoms with Crippen molar-refractivity contribution in [3.63, 3.8) is 0 Å². The number of aliphatic imine (C=N–C) groups is 1. The summed E-state index contributed by atoms with van der Waals surface area (Å²) >= 11 is 0. The lowest BCUT2D eigenvalue weighted by atomic mass is 10.1. The maximum absolute atomic E-state index is 4.05. The minimum Gasteiger partial charge on any atom is -0.372 e. The summed E-state index contributed by atoms with van der Waals surface area (Å²) < 4.78 is 0. The number of likely N-dealkylation sites (tertiary alicyclic amines) is 1. The highest BCUT2D eigenvalue weighted by atomic mass is 15.2. The van der Waals surface area contributed by atoms with E-state index in [-0.39, 0.29) is 0 Å². The molecule has 2 nitrogen and oxygen atoms in total. The van der Waals surface area contributed by atoms with Gasteiger partial charge in [-0.3, -0.25) is 4.99 Å². The Morgan fingerprint density at radius 3 is 2.56 bits per heavy atom. The molecule has 0 bridgehead atoms. The number of rotatable bonds is 4. The van der Waals surface area contributed by atoms with Crippen molar-refractivity contribution < 1.29 is 0 Å². The van der Waals surface area contributed by atoms with Crippen LogP contribution >= 0.6 is 0 Å². The minimum absolute atomic E-state index is 0.442. The van der Waals surface area contributed by atoms with Gasteiger partial charge in [0.05, 0.1) is 0 Å². The second kappa shape index (κ2) is 5.88. The number of hydrogen-bond donors (Lipinski definition) is 0. The first-order valence-electron chi connectivity index (χ1n) is 6.18. The van der Waals surface area contributed by atoms with Gasteiger partial charge in [0.2, 0.25) is 0 Å². The fourth-order valence-electron chi connectivity index (χ4n) is 2.19. The topological polar surface area (TPSA) is 15.6 Å². The van der Waals surface area contributed by atoms with E-state index in [9.17, 15) is 0 Å². The molecule has 1 aliphatic heterocycles. The predicted octanol–water partition coefficient (Wildman–Crippen LogP) is 3.62. The fourth-order valence-corrected chi connectivity index (χ4v) is 2.19. The van der Waals surface area contributed by atoms with Crippen molar-refractivity contribution in [2.45, 2.75) is 46.6 Å². The summed E-state index contributed by atoms with van der Waals surface area (Å²) in [4.78, 5) is 6.52. The van der Waals surface area contributed by atoms with Gasteiger partial charge in [-0.2, -0.15) is 0 Å². The van der Waals surface area contributed by atoms with Crippen LogP contribution in [0.1, 0.15) is 40.5 Å². The van der Waals surface area contributed by atoms with Gasteiger partial charge in [-0.05, 0) is 51.5 Å². The normalized spacial score (nSPS) is 23.1. The van der Waals surface area contributed by atoms with Crippen molar-refractivity contribution in [1.82, 2.24) is 4.90 Å². The standard InChI is InChI=1S/C14H24N2/c1-11(2)14(15-5)9-8-13(4)16-10-6-7-12(16)3/h8-9,11-12H,5-7,10H2,1-4H3/b13-8+,14-9-/t12-/m0/s1. The summed E-state index contributed by atoms with van der Waals surface area (Å²) in [6.45, 7) is 13.6. The third-order valence-corrected chi connectivity index (χ3v) is 3.28. The summed E-state index contributed by atoms with van der Waals surface area (Å²) in [5, 5.41) is 0. The molecule has 1 aliphatic rings. The molecule has 1 saturated heterocycles. The fraction of sp³-hybridized carbons (Fsp3) is 0.643. The third-order valence-electron chi connectivity index (χ3n) is 3.28. The molecule has 0 N–H and O–H groups in total. The SMILES string of the molecule is C=N/C(=C\C=C(/C)N1CCC[C@@H]1C)C(C)C. The first-order chi connectivity index (χ1) is 7.56. The van der Waals surface area contributed by atoms with Gasteiger partial charge in [0.1, 0.15) is 0 Å². The van der Waals surface area contributed by atoms with Crippen molar-refractivity contribution in [2.75, 3.05) is 6.54 Å². The van der Waals surface area contributed by atoms with Crippen LogP contribution in [0.4, 0.5) is 0 Å². The highest BCUT2D eigenvalue weighted by Crippen LogP contribution is 2.21. The van der Waals surface area contributed by atoms with Crippen molar-refractivity contribution in [3.8, 4) is 0 Å². The lowest BCUT2D eigenvalue weighted by molar-refractivity contribution is 0.341. The van der Waals surface area contributed by atoms with E-state index in [1.165, 1.54) is 25.1 Å². The van der Waals surface area contributed by atoms with Crippen LogP contribution in [0, 0.1) is 5.92 Å². The van der Waals surface area contributed by atoms with Crippen LogP contribution in [0.25, 0.3) is 0 Å². The van der Waals surface area contributed by atoms with Gasteiger partial charge in [-0.1, -0.05) is 13.8 Å². The van der Waals surface area contributed by atoms with Crippen molar-refractivity contribution in [1.29, 1.82) is 0 Å². The molecule has 0 aliphatic carbocycles. The van der Waals surface area contributed by atoms with Crippen molar-refractivity contribution >= 4 is 6.72 Å². The van der Waals surface area contributed by atoms with Crippen LogP contribution < -0.4 is 0 Å². The van der Waals surface area contributed by atoms with Crippen LogP contribution in [-0.4, -0.2) is 24.2 Å². The average molecular weight is 220 g/mol. The van der Waals surface area contributed by atoms with Gasteiger partial charge in [0.15, 0.2) is 0 Å². The van der Waals surface area contributed by atoms with Gasteiger partial charge in [-0.25, -0.2) is 0 Å². The Morgan fingerprint density at radius 2 is 2.12 bits per heavy atom. The highest BCUT2D eigenvalue weighted by Gasteiger charge is 2.19. The summed E-state index contributed by atoms with van der Waals surface area (Å²) in [7, 11) is 0. The Morgan fingerprint density at radius 1 is 1.44 bits per heavy atom. The molecule has 0 spiro atoms. The van der Waals surface area contributed by atoms with E-state index in [4.69, 9.17) is 0 Å². The predicted molar refractivity (Wildman–Crippen MR) is 71.6 cm³/mol. The molecule has 0 saturated carbocycles. The molecule has 0 radical (unpaired) electrons. The van der Waals surface area contributed by atoms with Crippen LogP contribution in [-0.2, 0) is 0 Å². The van der Waals surface area contributed by atoms with E-state index in [1.807, 2.05) is 0 Å². The molecular formula is C14H24N2. The van der Waals surface area contributed by atoms with E-state index in [0.717, 1.165) is 5.70 Å². The van der Waals surface area contributed by atoms with Crippen LogP contribution in [0.15, 0.2) is 28.5 Å². The highest BCUT2D eigenvalue weighted by molar-refractivity contribution is 5.31. The molecule has 1 heterocycles. The maximum atomic E-state index is 4.05. The van der Waals surface area contributed by atoms with Crippen molar-refractivity contribution in [2.24, 2.45) is 10.9 Å². The molecule has 1 atom stereocenters. The molecule has 90 valence electrons. The Bertz CT molecular complexity index is 300. The Labute approximate surface area is 99.8 Å². The first kappa shape index (κ1) is 13.0. The number of hydrogen-bond acceptors (Lipinski definition) is 2. The van der Waals surface area contributed by atoms with E-state index < -0.39 is 0 Å². The smallest absolute Gasteiger partial charge is 0.0422 e. The van der Waals surface area contributed by atoms with Crippen LogP contribution in [0.2, 0.25) is 0 Å². The lowest BCUT2D eigenvalue weighted by Gasteiger charge is -2.24. The number of allylic oxidation sites excluding steroid dienone is 4. The molecule has 0 unspecified atom stereocenters. The third kappa shape index (κ3) is 3.22. The second-order valence-electron chi connectivity index (χ2n) is 4.90. The van der Waals surface area contributed by atoms with E-state index in [2.05, 4.69) is 56.5 Å². The summed E-state index contributed by atoms with van der Waals surface area (Å²) in [6.07, 6.45) is 6.89. The van der Waals surface area contributed by atoms with E-state index in [0.29, 0.717) is 12.0 Å². The number of nitrogens with zero attached hydrogens (tertiary/aromatic N) is 2. The minimum atomic E-state index is 0.442. The molecule has 0 aromatic carbocycles. The van der Waals surface area contributed by atoms with Gasteiger partial charge < -0.3 is 4.90 Å². The van der Waals surface area contributed by atoms with Gasteiger partial charge >= 0.3 is 0 Å². The Balaban J connectivity index is 2.72. The molecule has 0 amide bonds. The molecule has 1 rings (SSSR count). The Hall–Kier alpha value is -1.05. The lowest BCUT2D eigenvalue weighted by Crippen LogP contribution is -2.24. The summed E-state index contributed by atoms with van der Waals surface area (Å²) in [5.41, 5.74) is 2.40. The molecule has 0 aromatic heterocycles. The monoisotopic (exact) mass is 220 g/mol. The molecule has 2 heteroatoms. The largest absolute Gasteiger partial charge is 0.372 e. The average Bonchev–Trinajstić information content (AvgIpc) is 2.64. The van der Waals surface area contributed by atoms with E-state index in [1.54, 1.807) is 0 Å². The zero-order valence-electron chi connectivity index (χ0n) is 11.0. The molecular weight excluding hydrogens is 196 g/mol. The van der Waals surface area contributed by atoms with Gasteiger partial charge in [0.25, 0.3) is 0 Å². The Kier molecular flexibility index (Phi) is 4.78. The molecule has 0 aromatic rings. The zero-order valence-corrected chi connectivity index (χ0v) is 11.0. The van der Waals surface area contributed by atoms with E-state index >= 15 is 0 Å². The maximum Gasteiger partial charge on any atom is 0.0422 e. The first-order valence-corrected chi connectivity index (χ1v) is 6.18. The van der Waals surface area contributed by atoms with Gasteiger partial charge in [-0.15, -0.1) is 0 Å². The van der Waals surface area contributed by atoms with Crippen molar-refractivity contribution in [3.05, 3.63) is 23.5 Å². The summed E-state index contributed by atoms with van der Waals surface area (Å²) in [6, 6.07) is 0.684. The second-order valence-corrected chi connectivity index (χ2v) is 4.90.